The number of halogens is 1. The number of anilines is 1. The maximum atomic E-state index is 12.5. The quantitative estimate of drug-likeness (QED) is 0.795. The standard InChI is InChI=1S/C18H23ClN2O2/c1-13-7-8-15(11-16(13)19)21-10-9-20(17(22)18(21)23)12-14-5-3-2-4-6-14/h7-8,11,14H,2-6,9-10,12H2,1H3. The zero-order valence-electron chi connectivity index (χ0n) is 13.6. The zero-order chi connectivity index (χ0) is 16.4. The molecule has 0 N–H and O–H groups in total. The van der Waals surface area contributed by atoms with E-state index in [-0.39, 0.29) is 5.91 Å². The minimum Gasteiger partial charge on any atom is -0.332 e. The maximum absolute atomic E-state index is 12.5. The number of piperazine rings is 1. The van der Waals surface area contributed by atoms with Gasteiger partial charge in [-0.25, -0.2) is 0 Å². The summed E-state index contributed by atoms with van der Waals surface area (Å²) in [5.74, 6) is -0.258. The van der Waals surface area contributed by atoms with E-state index in [0.717, 1.165) is 12.1 Å². The molecule has 1 aliphatic heterocycles. The fourth-order valence-corrected chi connectivity index (χ4v) is 3.70. The van der Waals surface area contributed by atoms with Crippen LogP contribution in [0.2, 0.25) is 5.02 Å². The van der Waals surface area contributed by atoms with E-state index in [1.54, 1.807) is 15.9 Å². The summed E-state index contributed by atoms with van der Waals surface area (Å²) in [7, 11) is 0. The molecule has 0 unspecified atom stereocenters. The third kappa shape index (κ3) is 3.52. The van der Waals surface area contributed by atoms with Crippen LogP contribution in [-0.4, -0.2) is 36.3 Å². The molecule has 1 saturated carbocycles. The van der Waals surface area contributed by atoms with Gasteiger partial charge in [-0.05, 0) is 43.4 Å². The minimum absolute atomic E-state index is 0.376. The van der Waals surface area contributed by atoms with Crippen LogP contribution in [0.15, 0.2) is 18.2 Å². The first-order valence-corrected chi connectivity index (χ1v) is 8.81. The van der Waals surface area contributed by atoms with Crippen LogP contribution in [0.5, 0.6) is 0 Å². The number of rotatable bonds is 3. The molecule has 0 atom stereocenters. The highest BCUT2D eigenvalue weighted by Crippen LogP contribution is 2.27. The van der Waals surface area contributed by atoms with E-state index in [4.69, 9.17) is 11.6 Å². The number of hydrogen-bond acceptors (Lipinski definition) is 2. The van der Waals surface area contributed by atoms with Gasteiger partial charge in [-0.3, -0.25) is 9.59 Å². The second-order valence-electron chi connectivity index (χ2n) is 6.65. The molecule has 2 fully saturated rings. The van der Waals surface area contributed by atoms with Gasteiger partial charge in [0, 0.05) is 30.3 Å². The first-order chi connectivity index (χ1) is 11.1. The number of carbonyl (C=O) groups excluding carboxylic acids is 2. The average Bonchev–Trinajstić information content (AvgIpc) is 2.56. The van der Waals surface area contributed by atoms with Crippen molar-refractivity contribution in [3.05, 3.63) is 28.8 Å². The number of carbonyl (C=O) groups is 2. The second-order valence-corrected chi connectivity index (χ2v) is 7.05. The minimum atomic E-state index is -0.438. The molecule has 2 aliphatic rings. The van der Waals surface area contributed by atoms with Gasteiger partial charge in [-0.15, -0.1) is 0 Å². The van der Waals surface area contributed by atoms with Gasteiger partial charge in [0.05, 0.1) is 0 Å². The normalized spacial score (nSPS) is 20.3. The van der Waals surface area contributed by atoms with Crippen molar-refractivity contribution in [2.75, 3.05) is 24.5 Å². The summed E-state index contributed by atoms with van der Waals surface area (Å²) in [4.78, 5) is 28.2. The van der Waals surface area contributed by atoms with E-state index in [2.05, 4.69) is 0 Å². The first-order valence-electron chi connectivity index (χ1n) is 8.43. The van der Waals surface area contributed by atoms with Crippen molar-refractivity contribution in [2.24, 2.45) is 5.92 Å². The summed E-state index contributed by atoms with van der Waals surface area (Å²) in [6.45, 7) is 3.79. The highest BCUT2D eigenvalue weighted by Gasteiger charge is 2.34. The molecule has 1 aromatic rings. The topological polar surface area (TPSA) is 40.6 Å². The van der Waals surface area contributed by atoms with Gasteiger partial charge in [0.1, 0.15) is 0 Å². The van der Waals surface area contributed by atoms with Crippen molar-refractivity contribution in [1.82, 2.24) is 4.90 Å². The fraction of sp³-hybridized carbons (Fsp3) is 0.556. The Labute approximate surface area is 142 Å². The molecular formula is C18H23ClN2O2. The van der Waals surface area contributed by atoms with Gasteiger partial charge >= 0.3 is 11.8 Å². The molecule has 1 aliphatic carbocycles. The number of hydrogen-bond donors (Lipinski definition) is 0. The van der Waals surface area contributed by atoms with E-state index in [1.807, 2.05) is 19.1 Å². The maximum Gasteiger partial charge on any atom is 0.316 e. The lowest BCUT2D eigenvalue weighted by Crippen LogP contribution is -2.55. The van der Waals surface area contributed by atoms with Gasteiger partial charge in [-0.1, -0.05) is 36.9 Å². The Morgan fingerprint density at radius 2 is 1.83 bits per heavy atom. The SMILES string of the molecule is Cc1ccc(N2CCN(CC3CCCCC3)C(=O)C2=O)cc1Cl. The van der Waals surface area contributed by atoms with Crippen molar-refractivity contribution in [1.29, 1.82) is 0 Å². The molecule has 23 heavy (non-hydrogen) atoms. The first kappa shape index (κ1) is 16.3. The molecule has 0 spiro atoms. The van der Waals surface area contributed by atoms with Gasteiger partial charge in [-0.2, -0.15) is 0 Å². The van der Waals surface area contributed by atoms with Gasteiger partial charge in [0.2, 0.25) is 0 Å². The molecule has 0 aromatic heterocycles. The van der Waals surface area contributed by atoms with Crippen LogP contribution >= 0.6 is 11.6 Å². The summed E-state index contributed by atoms with van der Waals surface area (Å²) < 4.78 is 0. The number of aryl methyl sites for hydroxylation is 1. The van der Waals surface area contributed by atoms with Crippen LogP contribution in [0.4, 0.5) is 5.69 Å². The third-order valence-electron chi connectivity index (χ3n) is 4.98. The highest BCUT2D eigenvalue weighted by molar-refractivity contribution is 6.41. The summed E-state index contributed by atoms with van der Waals surface area (Å²) in [6, 6.07) is 5.49. The van der Waals surface area contributed by atoms with Crippen molar-refractivity contribution in [3.8, 4) is 0 Å². The molecule has 3 rings (SSSR count). The predicted octanol–water partition coefficient (Wildman–Crippen LogP) is 3.40. The molecule has 0 bridgehead atoms. The average molecular weight is 335 g/mol. The summed E-state index contributed by atoms with van der Waals surface area (Å²) in [5, 5.41) is 0.618. The molecular weight excluding hydrogens is 312 g/mol. The summed E-state index contributed by atoms with van der Waals surface area (Å²) >= 11 is 6.14. The van der Waals surface area contributed by atoms with Crippen molar-refractivity contribution in [2.45, 2.75) is 39.0 Å². The molecule has 5 heteroatoms. The molecule has 4 nitrogen and oxygen atoms in total. The Morgan fingerprint density at radius 1 is 1.09 bits per heavy atom. The van der Waals surface area contributed by atoms with Gasteiger partial charge in [0.25, 0.3) is 0 Å². The number of amides is 2. The van der Waals surface area contributed by atoms with E-state index < -0.39 is 5.91 Å². The van der Waals surface area contributed by atoms with Crippen molar-refractivity contribution < 1.29 is 9.59 Å². The van der Waals surface area contributed by atoms with Crippen LogP contribution in [-0.2, 0) is 9.59 Å². The third-order valence-corrected chi connectivity index (χ3v) is 5.39. The van der Waals surface area contributed by atoms with Gasteiger partial charge < -0.3 is 9.80 Å². The van der Waals surface area contributed by atoms with Crippen molar-refractivity contribution >= 4 is 29.1 Å². The van der Waals surface area contributed by atoms with Crippen LogP contribution in [0, 0.1) is 12.8 Å². The predicted molar refractivity (Wildman–Crippen MR) is 91.7 cm³/mol. The van der Waals surface area contributed by atoms with E-state index in [9.17, 15) is 9.59 Å². The Kier molecular flexibility index (Phi) is 4.90. The smallest absolute Gasteiger partial charge is 0.316 e. The lowest BCUT2D eigenvalue weighted by molar-refractivity contribution is -0.146. The Bertz CT molecular complexity index is 611. The molecule has 124 valence electrons. The van der Waals surface area contributed by atoms with E-state index in [0.29, 0.717) is 29.7 Å². The Hall–Kier alpha value is -1.55. The molecule has 2 amide bonds. The molecule has 1 aromatic carbocycles. The van der Waals surface area contributed by atoms with E-state index in [1.165, 1.54) is 32.1 Å². The Morgan fingerprint density at radius 3 is 2.52 bits per heavy atom. The summed E-state index contributed by atoms with van der Waals surface area (Å²) in [5.41, 5.74) is 1.67. The van der Waals surface area contributed by atoms with Crippen LogP contribution in [0.25, 0.3) is 0 Å². The fourth-order valence-electron chi connectivity index (χ4n) is 3.53. The lowest BCUT2D eigenvalue weighted by Gasteiger charge is -2.36. The Balaban J connectivity index is 1.68. The number of nitrogens with zero attached hydrogens (tertiary/aromatic N) is 2. The highest BCUT2D eigenvalue weighted by atomic mass is 35.5. The molecule has 1 heterocycles. The largest absolute Gasteiger partial charge is 0.332 e. The lowest BCUT2D eigenvalue weighted by atomic mass is 9.89. The number of benzene rings is 1. The van der Waals surface area contributed by atoms with Crippen LogP contribution < -0.4 is 4.90 Å². The molecule has 0 radical (unpaired) electrons. The zero-order valence-corrected chi connectivity index (χ0v) is 14.3. The van der Waals surface area contributed by atoms with Crippen LogP contribution in [0.1, 0.15) is 37.7 Å². The monoisotopic (exact) mass is 334 g/mol. The van der Waals surface area contributed by atoms with Crippen molar-refractivity contribution in [3.63, 3.8) is 0 Å². The summed E-state index contributed by atoms with van der Waals surface area (Å²) in [6.07, 6.45) is 6.14. The molecule has 1 saturated heterocycles. The van der Waals surface area contributed by atoms with E-state index >= 15 is 0 Å². The van der Waals surface area contributed by atoms with Crippen LogP contribution in [0.3, 0.4) is 0 Å². The second kappa shape index (κ2) is 6.91. The van der Waals surface area contributed by atoms with Gasteiger partial charge in [0.15, 0.2) is 0 Å².